The van der Waals surface area contributed by atoms with Crippen molar-refractivity contribution in [2.24, 2.45) is 0 Å². The number of anilines is 2. The molecule has 0 aliphatic rings. The van der Waals surface area contributed by atoms with Crippen LogP contribution in [0.4, 0.5) is 33.3 Å². The fourth-order valence-corrected chi connectivity index (χ4v) is 1.20. The highest BCUT2D eigenvalue weighted by molar-refractivity contribution is 5.67. The van der Waals surface area contributed by atoms with Crippen molar-refractivity contribution in [1.82, 2.24) is 0 Å². The van der Waals surface area contributed by atoms with Crippen LogP contribution < -0.4 is 11.1 Å². The second kappa shape index (κ2) is 5.38. The van der Waals surface area contributed by atoms with Gasteiger partial charge in [0, 0.05) is 6.54 Å². The Morgan fingerprint density at radius 1 is 1.28 bits per heavy atom. The Balaban J connectivity index is 2.75. The second-order valence-electron chi connectivity index (χ2n) is 3.58. The van der Waals surface area contributed by atoms with Crippen molar-refractivity contribution in [3.05, 3.63) is 23.8 Å². The van der Waals surface area contributed by atoms with Gasteiger partial charge in [-0.3, -0.25) is 0 Å². The van der Waals surface area contributed by atoms with Gasteiger partial charge in [-0.25, -0.2) is 8.78 Å². The first-order chi connectivity index (χ1) is 8.21. The molecule has 1 aromatic rings. The molecule has 0 spiro atoms. The van der Waals surface area contributed by atoms with Crippen LogP contribution in [0, 0.1) is 0 Å². The summed E-state index contributed by atoms with van der Waals surface area (Å²) in [6.07, 6.45) is -9.37. The highest BCUT2D eigenvalue weighted by Crippen LogP contribution is 2.32. The number of rotatable bonds is 4. The van der Waals surface area contributed by atoms with Crippen LogP contribution in [0.5, 0.6) is 0 Å². The third-order valence-corrected chi connectivity index (χ3v) is 2.17. The minimum atomic E-state index is -4.52. The SMILES string of the molecule is Nc1cc(C(F)(F)F)ccc1NCC(O)C(F)F. The fraction of sp³-hybridized carbons (Fsp3) is 0.400. The summed E-state index contributed by atoms with van der Waals surface area (Å²) < 4.78 is 60.9. The molecule has 0 bridgehead atoms. The lowest BCUT2D eigenvalue weighted by molar-refractivity contribution is -0.137. The average Bonchev–Trinajstić information content (AvgIpc) is 2.25. The van der Waals surface area contributed by atoms with Gasteiger partial charge in [0.05, 0.1) is 16.9 Å². The van der Waals surface area contributed by atoms with Crippen molar-refractivity contribution in [3.8, 4) is 0 Å². The molecule has 0 aromatic heterocycles. The molecule has 0 saturated carbocycles. The van der Waals surface area contributed by atoms with Crippen LogP contribution in [0.15, 0.2) is 18.2 Å². The van der Waals surface area contributed by atoms with Crippen LogP contribution in [0.1, 0.15) is 5.56 Å². The van der Waals surface area contributed by atoms with Crippen molar-refractivity contribution < 1.29 is 27.1 Å². The maximum atomic E-state index is 12.3. The number of hydrogen-bond acceptors (Lipinski definition) is 3. The van der Waals surface area contributed by atoms with Crippen molar-refractivity contribution in [1.29, 1.82) is 0 Å². The molecule has 1 atom stereocenters. The molecule has 3 nitrogen and oxygen atoms in total. The molecule has 1 rings (SSSR count). The Morgan fingerprint density at radius 3 is 2.33 bits per heavy atom. The molecule has 1 aromatic carbocycles. The summed E-state index contributed by atoms with van der Waals surface area (Å²) in [4.78, 5) is 0. The Kier molecular flexibility index (Phi) is 4.33. The van der Waals surface area contributed by atoms with Gasteiger partial charge in [-0.05, 0) is 18.2 Å². The van der Waals surface area contributed by atoms with Gasteiger partial charge in [0.25, 0.3) is 6.43 Å². The Labute approximate surface area is 99.4 Å². The molecule has 8 heteroatoms. The lowest BCUT2D eigenvalue weighted by Crippen LogP contribution is -2.27. The summed E-state index contributed by atoms with van der Waals surface area (Å²) in [5.41, 5.74) is 4.25. The minimum Gasteiger partial charge on any atom is -0.397 e. The number of aliphatic hydroxyl groups excluding tert-OH is 1. The third kappa shape index (κ3) is 3.73. The molecular formula is C10H11F5N2O. The molecular weight excluding hydrogens is 259 g/mol. The first-order valence-electron chi connectivity index (χ1n) is 4.88. The topological polar surface area (TPSA) is 58.3 Å². The fourth-order valence-electron chi connectivity index (χ4n) is 1.20. The van der Waals surface area contributed by atoms with Crippen molar-refractivity contribution in [2.45, 2.75) is 18.7 Å². The zero-order chi connectivity index (χ0) is 13.9. The molecule has 0 amide bonds. The van der Waals surface area contributed by atoms with E-state index in [0.717, 1.165) is 12.1 Å². The Bertz CT molecular complexity index is 408. The number of halogens is 5. The third-order valence-electron chi connectivity index (χ3n) is 2.17. The second-order valence-corrected chi connectivity index (χ2v) is 3.58. The van der Waals surface area contributed by atoms with E-state index in [-0.39, 0.29) is 11.4 Å². The van der Waals surface area contributed by atoms with Gasteiger partial charge in [0.15, 0.2) is 0 Å². The van der Waals surface area contributed by atoms with Crippen molar-refractivity contribution in [2.75, 3.05) is 17.6 Å². The number of alkyl halides is 5. The molecule has 1 unspecified atom stereocenters. The average molecular weight is 270 g/mol. The number of aliphatic hydroxyl groups is 1. The lowest BCUT2D eigenvalue weighted by atomic mass is 10.1. The summed E-state index contributed by atoms with van der Waals surface area (Å²) in [5.74, 6) is 0. The first-order valence-corrected chi connectivity index (χ1v) is 4.88. The Morgan fingerprint density at radius 2 is 1.89 bits per heavy atom. The van der Waals surface area contributed by atoms with E-state index in [1.807, 2.05) is 0 Å². The van der Waals surface area contributed by atoms with Crippen molar-refractivity contribution in [3.63, 3.8) is 0 Å². The zero-order valence-corrected chi connectivity index (χ0v) is 9.01. The van der Waals surface area contributed by atoms with E-state index in [9.17, 15) is 22.0 Å². The van der Waals surface area contributed by atoms with E-state index >= 15 is 0 Å². The summed E-state index contributed by atoms with van der Waals surface area (Å²) >= 11 is 0. The number of nitrogens with two attached hydrogens (primary N) is 1. The smallest absolute Gasteiger partial charge is 0.397 e. The van der Waals surface area contributed by atoms with Crippen LogP contribution >= 0.6 is 0 Å². The number of benzene rings is 1. The number of hydrogen-bond donors (Lipinski definition) is 3. The van der Waals surface area contributed by atoms with Crippen LogP contribution in [0.3, 0.4) is 0 Å². The number of nitrogen functional groups attached to an aromatic ring is 1. The van der Waals surface area contributed by atoms with E-state index in [1.165, 1.54) is 0 Å². The summed E-state index contributed by atoms with van der Waals surface area (Å²) in [5, 5.41) is 11.2. The van der Waals surface area contributed by atoms with E-state index in [1.54, 1.807) is 0 Å². The standard InChI is InChI=1S/C10H11F5N2O/c11-9(12)8(18)4-17-7-2-1-5(3-6(7)16)10(13,14)15/h1-3,8-9,17-18H,4,16H2. The van der Waals surface area contributed by atoms with Crippen LogP contribution in [-0.2, 0) is 6.18 Å². The highest BCUT2D eigenvalue weighted by Gasteiger charge is 2.30. The van der Waals surface area contributed by atoms with Crippen molar-refractivity contribution >= 4 is 11.4 Å². The molecule has 0 saturated heterocycles. The van der Waals surface area contributed by atoms with Gasteiger partial charge < -0.3 is 16.2 Å². The quantitative estimate of drug-likeness (QED) is 0.581. The van der Waals surface area contributed by atoms with E-state index in [2.05, 4.69) is 5.32 Å². The molecule has 0 radical (unpaired) electrons. The maximum absolute atomic E-state index is 12.3. The first kappa shape index (κ1) is 14.5. The molecule has 0 aliphatic carbocycles. The predicted molar refractivity (Wildman–Crippen MR) is 56.4 cm³/mol. The highest BCUT2D eigenvalue weighted by atomic mass is 19.4. The molecule has 102 valence electrons. The predicted octanol–water partition coefficient (Wildman–Crippen LogP) is 2.33. The molecule has 4 N–H and O–H groups in total. The maximum Gasteiger partial charge on any atom is 0.416 e. The summed E-state index contributed by atoms with van der Waals surface area (Å²) in [7, 11) is 0. The molecule has 18 heavy (non-hydrogen) atoms. The summed E-state index contributed by atoms with van der Waals surface area (Å²) in [6, 6.07) is 2.49. The zero-order valence-electron chi connectivity index (χ0n) is 9.01. The lowest BCUT2D eigenvalue weighted by Gasteiger charge is -2.15. The molecule has 0 aliphatic heterocycles. The molecule has 0 fully saturated rings. The van der Waals surface area contributed by atoms with E-state index in [0.29, 0.717) is 6.07 Å². The van der Waals surface area contributed by atoms with Crippen LogP contribution in [0.2, 0.25) is 0 Å². The van der Waals surface area contributed by atoms with Crippen LogP contribution in [-0.4, -0.2) is 24.2 Å². The molecule has 0 heterocycles. The van der Waals surface area contributed by atoms with Gasteiger partial charge in [-0.2, -0.15) is 13.2 Å². The van der Waals surface area contributed by atoms with Gasteiger partial charge in [-0.15, -0.1) is 0 Å². The largest absolute Gasteiger partial charge is 0.416 e. The van der Waals surface area contributed by atoms with Gasteiger partial charge >= 0.3 is 6.18 Å². The van der Waals surface area contributed by atoms with E-state index in [4.69, 9.17) is 10.8 Å². The minimum absolute atomic E-state index is 0.0581. The Hall–Kier alpha value is -1.57. The van der Waals surface area contributed by atoms with Gasteiger partial charge in [-0.1, -0.05) is 0 Å². The monoisotopic (exact) mass is 270 g/mol. The van der Waals surface area contributed by atoms with E-state index < -0.39 is 30.8 Å². The number of nitrogens with one attached hydrogen (secondary N) is 1. The van der Waals surface area contributed by atoms with Gasteiger partial charge in [0.2, 0.25) is 0 Å². The summed E-state index contributed by atoms with van der Waals surface area (Å²) in [6.45, 7) is -0.507. The van der Waals surface area contributed by atoms with Gasteiger partial charge in [0.1, 0.15) is 6.10 Å². The van der Waals surface area contributed by atoms with Crippen LogP contribution in [0.25, 0.3) is 0 Å². The normalized spacial score (nSPS) is 13.7.